The molecule has 122 valence electrons. The van der Waals surface area contributed by atoms with Crippen molar-refractivity contribution >= 4 is 17.0 Å². The van der Waals surface area contributed by atoms with Crippen LogP contribution in [-0.4, -0.2) is 30.8 Å². The Morgan fingerprint density at radius 1 is 1.00 bits per heavy atom. The Morgan fingerprint density at radius 3 is 2.56 bits per heavy atom. The lowest BCUT2D eigenvalue weighted by atomic mass is 10.0. The van der Waals surface area contributed by atoms with Gasteiger partial charge in [0.05, 0.1) is 17.4 Å². The average molecular weight is 334 g/mol. The predicted octanol–water partition coefficient (Wildman–Crippen LogP) is 3.32. The summed E-state index contributed by atoms with van der Waals surface area (Å²) in [7, 11) is 0. The molecule has 0 aliphatic rings. The zero-order valence-electron chi connectivity index (χ0n) is 12.8. The van der Waals surface area contributed by atoms with E-state index in [2.05, 4.69) is 15.1 Å². The Labute approximate surface area is 141 Å². The van der Waals surface area contributed by atoms with Gasteiger partial charge >= 0.3 is 5.97 Å². The fourth-order valence-corrected chi connectivity index (χ4v) is 2.73. The van der Waals surface area contributed by atoms with E-state index in [9.17, 15) is 14.3 Å². The van der Waals surface area contributed by atoms with Crippen LogP contribution in [-0.2, 0) is 0 Å². The normalized spacial score (nSPS) is 10.9. The summed E-state index contributed by atoms with van der Waals surface area (Å²) >= 11 is 0. The number of nitrogens with zero attached hydrogens (tertiary/aromatic N) is 4. The van der Waals surface area contributed by atoms with Gasteiger partial charge in [-0.2, -0.15) is 5.10 Å². The number of hydrogen-bond donors (Lipinski definition) is 1. The van der Waals surface area contributed by atoms with Gasteiger partial charge in [0.1, 0.15) is 5.82 Å². The Morgan fingerprint density at radius 2 is 1.80 bits per heavy atom. The second kappa shape index (κ2) is 5.79. The largest absolute Gasteiger partial charge is 0.478 e. The molecule has 4 aromatic rings. The minimum absolute atomic E-state index is 0.150. The summed E-state index contributed by atoms with van der Waals surface area (Å²) in [6, 6.07) is 9.06. The van der Waals surface area contributed by atoms with Crippen molar-refractivity contribution < 1.29 is 14.3 Å². The van der Waals surface area contributed by atoms with Gasteiger partial charge in [-0.05, 0) is 42.0 Å². The number of carboxylic acid groups (broad SMARTS) is 1. The van der Waals surface area contributed by atoms with Crippen molar-refractivity contribution in [1.82, 2.24) is 19.7 Å². The van der Waals surface area contributed by atoms with Crippen LogP contribution in [0.2, 0.25) is 0 Å². The molecule has 0 aliphatic heterocycles. The zero-order valence-corrected chi connectivity index (χ0v) is 12.8. The lowest BCUT2D eigenvalue weighted by molar-refractivity contribution is 0.0697. The first-order chi connectivity index (χ1) is 12.1. The molecule has 3 aromatic heterocycles. The van der Waals surface area contributed by atoms with Gasteiger partial charge < -0.3 is 5.11 Å². The van der Waals surface area contributed by atoms with E-state index in [1.807, 2.05) is 0 Å². The molecule has 0 amide bonds. The van der Waals surface area contributed by atoms with Crippen molar-refractivity contribution in [3.8, 4) is 16.8 Å². The summed E-state index contributed by atoms with van der Waals surface area (Å²) in [4.78, 5) is 19.9. The minimum Gasteiger partial charge on any atom is -0.478 e. The summed E-state index contributed by atoms with van der Waals surface area (Å²) in [5.41, 5.74) is 2.51. The molecule has 6 nitrogen and oxygen atoms in total. The SMILES string of the molecule is O=C(O)c1ccncc1-c1ccnc2c1cnn2-c1ccc(F)cc1. The van der Waals surface area contributed by atoms with Gasteiger partial charge in [-0.1, -0.05) is 0 Å². The number of carboxylic acids is 1. The number of halogens is 1. The highest BCUT2D eigenvalue weighted by Crippen LogP contribution is 2.30. The Hall–Kier alpha value is -3.61. The molecule has 7 heteroatoms. The minimum atomic E-state index is -1.03. The van der Waals surface area contributed by atoms with Crippen LogP contribution in [0.5, 0.6) is 0 Å². The maximum Gasteiger partial charge on any atom is 0.336 e. The van der Waals surface area contributed by atoms with Crippen LogP contribution in [0.25, 0.3) is 27.8 Å². The first-order valence-corrected chi connectivity index (χ1v) is 7.41. The number of fused-ring (bicyclic) bond motifs is 1. The van der Waals surface area contributed by atoms with Crippen LogP contribution >= 0.6 is 0 Å². The van der Waals surface area contributed by atoms with Crippen LogP contribution in [0.1, 0.15) is 10.4 Å². The molecule has 25 heavy (non-hydrogen) atoms. The van der Waals surface area contributed by atoms with Gasteiger partial charge in [-0.3, -0.25) is 4.98 Å². The van der Waals surface area contributed by atoms with Crippen LogP contribution in [0.3, 0.4) is 0 Å². The quantitative estimate of drug-likeness (QED) is 0.621. The average Bonchev–Trinajstić information content (AvgIpc) is 3.06. The monoisotopic (exact) mass is 334 g/mol. The van der Waals surface area contributed by atoms with E-state index in [4.69, 9.17) is 0 Å². The molecule has 1 aromatic carbocycles. The van der Waals surface area contributed by atoms with Crippen LogP contribution in [0, 0.1) is 5.82 Å². The molecule has 0 fully saturated rings. The van der Waals surface area contributed by atoms with E-state index in [-0.39, 0.29) is 11.4 Å². The summed E-state index contributed by atoms with van der Waals surface area (Å²) in [5, 5.41) is 14.4. The molecule has 1 N–H and O–H groups in total. The smallest absolute Gasteiger partial charge is 0.336 e. The number of carbonyl (C=O) groups is 1. The molecule has 0 saturated carbocycles. The third kappa shape index (κ3) is 2.51. The van der Waals surface area contributed by atoms with E-state index >= 15 is 0 Å². The third-order valence-electron chi connectivity index (χ3n) is 3.88. The lowest BCUT2D eigenvalue weighted by Gasteiger charge is -2.07. The third-order valence-corrected chi connectivity index (χ3v) is 3.88. The van der Waals surface area contributed by atoms with Crippen molar-refractivity contribution in [1.29, 1.82) is 0 Å². The molecule has 0 bridgehead atoms. The van der Waals surface area contributed by atoms with Gasteiger partial charge in [0.15, 0.2) is 5.65 Å². The van der Waals surface area contributed by atoms with Crippen LogP contribution in [0.15, 0.2) is 61.2 Å². The number of hydrogen-bond acceptors (Lipinski definition) is 4. The molecular formula is C18H11FN4O2. The summed E-state index contributed by atoms with van der Waals surface area (Å²) < 4.78 is 14.7. The van der Waals surface area contributed by atoms with E-state index in [1.165, 1.54) is 30.6 Å². The fraction of sp³-hybridized carbons (Fsp3) is 0. The second-order valence-electron chi connectivity index (χ2n) is 5.35. The van der Waals surface area contributed by atoms with Crippen molar-refractivity contribution in [3.63, 3.8) is 0 Å². The van der Waals surface area contributed by atoms with Gasteiger partial charge in [-0.15, -0.1) is 0 Å². The molecule has 0 aliphatic carbocycles. The van der Waals surface area contributed by atoms with Gasteiger partial charge in [0.2, 0.25) is 0 Å². The summed E-state index contributed by atoms with van der Waals surface area (Å²) in [5.74, 6) is -1.37. The molecule has 0 unspecified atom stereocenters. The molecule has 0 saturated heterocycles. The zero-order chi connectivity index (χ0) is 17.4. The van der Waals surface area contributed by atoms with E-state index < -0.39 is 5.97 Å². The van der Waals surface area contributed by atoms with Crippen LogP contribution < -0.4 is 0 Å². The highest BCUT2D eigenvalue weighted by molar-refractivity contribution is 6.01. The molecule has 0 radical (unpaired) electrons. The Bertz CT molecular complexity index is 1090. The number of aromatic carboxylic acids is 1. The second-order valence-corrected chi connectivity index (χ2v) is 5.35. The molecular weight excluding hydrogens is 323 g/mol. The van der Waals surface area contributed by atoms with Gasteiger partial charge in [-0.25, -0.2) is 18.9 Å². The van der Waals surface area contributed by atoms with E-state index in [0.29, 0.717) is 27.8 Å². The summed E-state index contributed by atoms with van der Waals surface area (Å²) in [6.07, 6.45) is 6.14. The highest BCUT2D eigenvalue weighted by Gasteiger charge is 2.16. The number of pyridine rings is 2. The lowest BCUT2D eigenvalue weighted by Crippen LogP contribution is -2.01. The van der Waals surface area contributed by atoms with Crippen LogP contribution in [0.4, 0.5) is 4.39 Å². The molecule has 0 atom stereocenters. The maximum atomic E-state index is 13.1. The number of aromatic nitrogens is 4. The first-order valence-electron chi connectivity index (χ1n) is 7.41. The molecule has 3 heterocycles. The predicted molar refractivity (Wildman–Crippen MR) is 89.0 cm³/mol. The first kappa shape index (κ1) is 14.9. The van der Waals surface area contributed by atoms with Crippen molar-refractivity contribution in [3.05, 3.63) is 72.6 Å². The van der Waals surface area contributed by atoms with Crippen molar-refractivity contribution in [2.75, 3.05) is 0 Å². The fourth-order valence-electron chi connectivity index (χ4n) is 2.73. The highest BCUT2D eigenvalue weighted by atomic mass is 19.1. The number of rotatable bonds is 3. The van der Waals surface area contributed by atoms with Crippen molar-refractivity contribution in [2.24, 2.45) is 0 Å². The maximum absolute atomic E-state index is 13.1. The van der Waals surface area contributed by atoms with Crippen molar-refractivity contribution in [2.45, 2.75) is 0 Å². The topological polar surface area (TPSA) is 80.9 Å². The van der Waals surface area contributed by atoms with Gasteiger partial charge in [0.25, 0.3) is 0 Å². The van der Waals surface area contributed by atoms with Gasteiger partial charge in [0, 0.05) is 29.5 Å². The molecule has 0 spiro atoms. The Balaban J connectivity index is 1.94. The van der Waals surface area contributed by atoms with E-state index in [1.54, 1.807) is 35.3 Å². The standard InChI is InChI=1S/C18H11FN4O2/c19-11-1-3-12(4-2-11)23-17-16(10-22-23)13(6-8-21-17)15-9-20-7-5-14(15)18(24)25/h1-10H,(H,24,25). The molecule has 4 rings (SSSR count). The van der Waals surface area contributed by atoms with E-state index in [0.717, 1.165) is 0 Å². The Kier molecular flexibility index (Phi) is 3.46. The number of benzene rings is 1. The summed E-state index contributed by atoms with van der Waals surface area (Å²) in [6.45, 7) is 0.